The standard InChI is InChI=1S/C16H12N4O2S/c1-23(21,22)16-7-5-12(6-8-16)13-3-2-4-14(9-13)19-20-15(10-17)11-18/h2-9,19H,1H3. The summed E-state index contributed by atoms with van der Waals surface area (Å²) in [6.07, 6.45) is 1.16. The first-order valence-electron chi connectivity index (χ1n) is 6.48. The lowest BCUT2D eigenvalue weighted by Gasteiger charge is -2.06. The number of nitrogens with zero attached hydrogens (tertiary/aromatic N) is 3. The van der Waals surface area contributed by atoms with Crippen molar-refractivity contribution in [1.29, 1.82) is 10.5 Å². The first-order chi connectivity index (χ1) is 10.9. The molecule has 0 saturated heterocycles. The molecular formula is C16H12N4O2S. The third-order valence-electron chi connectivity index (χ3n) is 2.99. The summed E-state index contributed by atoms with van der Waals surface area (Å²) in [5.41, 5.74) is 4.66. The molecule has 0 radical (unpaired) electrons. The van der Waals surface area contributed by atoms with Crippen LogP contribution >= 0.6 is 0 Å². The fourth-order valence-corrected chi connectivity index (χ4v) is 2.49. The lowest BCUT2D eigenvalue weighted by Crippen LogP contribution is -1.97. The van der Waals surface area contributed by atoms with Gasteiger partial charge < -0.3 is 0 Å². The average molecular weight is 324 g/mol. The van der Waals surface area contributed by atoms with Crippen molar-refractivity contribution >= 4 is 21.2 Å². The van der Waals surface area contributed by atoms with E-state index < -0.39 is 9.84 Å². The molecule has 0 bridgehead atoms. The summed E-state index contributed by atoms with van der Waals surface area (Å²) in [7, 11) is -3.23. The maximum atomic E-state index is 11.5. The molecule has 0 fully saturated rings. The number of rotatable bonds is 4. The number of hydrazone groups is 1. The van der Waals surface area contributed by atoms with Crippen LogP contribution in [0.1, 0.15) is 0 Å². The minimum Gasteiger partial charge on any atom is -0.276 e. The van der Waals surface area contributed by atoms with Crippen molar-refractivity contribution in [3.05, 3.63) is 48.5 Å². The Morgan fingerprint density at radius 1 is 1.04 bits per heavy atom. The second-order valence-electron chi connectivity index (χ2n) is 4.67. The summed E-state index contributed by atoms with van der Waals surface area (Å²) < 4.78 is 22.9. The fraction of sp³-hybridized carbons (Fsp3) is 0.0625. The second kappa shape index (κ2) is 6.73. The quantitative estimate of drug-likeness (QED) is 0.687. The highest BCUT2D eigenvalue weighted by Gasteiger charge is 2.07. The van der Waals surface area contributed by atoms with E-state index in [0.717, 1.165) is 17.4 Å². The normalized spacial score (nSPS) is 10.2. The van der Waals surface area contributed by atoms with Gasteiger partial charge in [-0.15, -0.1) is 0 Å². The van der Waals surface area contributed by atoms with Crippen LogP contribution in [0, 0.1) is 22.7 Å². The Labute approximate surface area is 134 Å². The van der Waals surface area contributed by atoms with Gasteiger partial charge in [0, 0.05) is 6.26 Å². The van der Waals surface area contributed by atoms with E-state index in [4.69, 9.17) is 10.5 Å². The number of nitriles is 2. The number of nitrogens with one attached hydrogen (secondary N) is 1. The molecule has 0 aliphatic rings. The smallest absolute Gasteiger partial charge is 0.237 e. The van der Waals surface area contributed by atoms with Crippen molar-refractivity contribution in [2.75, 3.05) is 11.7 Å². The van der Waals surface area contributed by atoms with Crippen LogP contribution in [0.4, 0.5) is 5.69 Å². The van der Waals surface area contributed by atoms with Gasteiger partial charge in [-0.3, -0.25) is 5.43 Å². The minimum atomic E-state index is -3.23. The lowest BCUT2D eigenvalue weighted by atomic mass is 10.1. The van der Waals surface area contributed by atoms with Crippen molar-refractivity contribution in [2.45, 2.75) is 4.90 Å². The minimum absolute atomic E-state index is 0.257. The van der Waals surface area contributed by atoms with Crippen LogP contribution in [0.25, 0.3) is 11.1 Å². The van der Waals surface area contributed by atoms with Crippen molar-refractivity contribution < 1.29 is 8.42 Å². The molecule has 2 aromatic rings. The van der Waals surface area contributed by atoms with E-state index in [-0.39, 0.29) is 10.6 Å². The molecular weight excluding hydrogens is 312 g/mol. The van der Waals surface area contributed by atoms with Crippen molar-refractivity contribution in [3.63, 3.8) is 0 Å². The summed E-state index contributed by atoms with van der Waals surface area (Å²) in [5, 5.41) is 20.9. The zero-order chi connectivity index (χ0) is 16.9. The van der Waals surface area contributed by atoms with Gasteiger partial charge in [-0.05, 0) is 35.4 Å². The Hall–Kier alpha value is -3.16. The molecule has 23 heavy (non-hydrogen) atoms. The second-order valence-corrected chi connectivity index (χ2v) is 6.69. The number of hydrogen-bond acceptors (Lipinski definition) is 6. The molecule has 0 unspecified atom stereocenters. The van der Waals surface area contributed by atoms with E-state index in [1.165, 1.54) is 0 Å². The van der Waals surface area contributed by atoms with Crippen molar-refractivity contribution in [1.82, 2.24) is 0 Å². The lowest BCUT2D eigenvalue weighted by molar-refractivity contribution is 0.602. The molecule has 7 heteroatoms. The first kappa shape index (κ1) is 16.2. The Balaban J connectivity index is 2.29. The monoisotopic (exact) mass is 324 g/mol. The van der Waals surface area contributed by atoms with Gasteiger partial charge >= 0.3 is 0 Å². The third-order valence-corrected chi connectivity index (χ3v) is 4.12. The molecule has 6 nitrogen and oxygen atoms in total. The summed E-state index contributed by atoms with van der Waals surface area (Å²) in [6.45, 7) is 0. The summed E-state index contributed by atoms with van der Waals surface area (Å²) in [5.74, 6) is 0. The van der Waals surface area contributed by atoms with Crippen LogP contribution in [0.15, 0.2) is 58.5 Å². The van der Waals surface area contributed by atoms with Gasteiger partial charge in [-0.2, -0.15) is 15.6 Å². The maximum absolute atomic E-state index is 11.5. The Bertz CT molecular complexity index is 917. The van der Waals surface area contributed by atoms with Gasteiger partial charge in [0.05, 0.1) is 10.6 Å². The fourth-order valence-electron chi connectivity index (χ4n) is 1.86. The summed E-state index contributed by atoms with van der Waals surface area (Å²) in [4.78, 5) is 0.257. The zero-order valence-electron chi connectivity index (χ0n) is 12.2. The molecule has 0 atom stereocenters. The van der Waals surface area contributed by atoms with Crippen LogP contribution in [0.2, 0.25) is 0 Å². The summed E-state index contributed by atoms with van der Waals surface area (Å²) >= 11 is 0. The van der Waals surface area contributed by atoms with E-state index in [2.05, 4.69) is 10.5 Å². The largest absolute Gasteiger partial charge is 0.276 e. The molecule has 0 aromatic heterocycles. The van der Waals surface area contributed by atoms with Crippen LogP contribution in [0.5, 0.6) is 0 Å². The van der Waals surface area contributed by atoms with E-state index in [1.807, 2.05) is 6.07 Å². The van der Waals surface area contributed by atoms with E-state index >= 15 is 0 Å². The molecule has 2 aromatic carbocycles. The predicted octanol–water partition coefficient (Wildman–Crippen LogP) is 2.57. The van der Waals surface area contributed by atoms with Gasteiger partial charge in [0.25, 0.3) is 0 Å². The Kier molecular flexibility index (Phi) is 4.75. The predicted molar refractivity (Wildman–Crippen MR) is 87.3 cm³/mol. The highest BCUT2D eigenvalue weighted by atomic mass is 32.2. The van der Waals surface area contributed by atoms with Crippen molar-refractivity contribution in [2.24, 2.45) is 5.10 Å². The molecule has 1 N–H and O–H groups in total. The molecule has 0 amide bonds. The van der Waals surface area contributed by atoms with E-state index in [0.29, 0.717) is 5.69 Å². The van der Waals surface area contributed by atoms with Crippen LogP contribution < -0.4 is 5.43 Å². The van der Waals surface area contributed by atoms with Gasteiger partial charge in [0.1, 0.15) is 12.1 Å². The molecule has 0 spiro atoms. The molecule has 0 heterocycles. The molecule has 114 valence electrons. The van der Waals surface area contributed by atoms with E-state index in [9.17, 15) is 8.42 Å². The number of sulfone groups is 1. The van der Waals surface area contributed by atoms with Crippen LogP contribution in [-0.4, -0.2) is 20.4 Å². The number of hydrogen-bond donors (Lipinski definition) is 1. The number of benzene rings is 2. The highest BCUT2D eigenvalue weighted by Crippen LogP contribution is 2.24. The van der Waals surface area contributed by atoms with Gasteiger partial charge in [-0.1, -0.05) is 24.3 Å². The van der Waals surface area contributed by atoms with Gasteiger partial charge in [0.15, 0.2) is 9.84 Å². The molecule has 2 rings (SSSR count). The van der Waals surface area contributed by atoms with Crippen LogP contribution in [-0.2, 0) is 9.84 Å². The summed E-state index contributed by atoms with van der Waals surface area (Å²) in [6, 6.07) is 17.0. The molecule has 0 aliphatic heterocycles. The van der Waals surface area contributed by atoms with Crippen molar-refractivity contribution in [3.8, 4) is 23.3 Å². The Morgan fingerprint density at radius 3 is 2.26 bits per heavy atom. The highest BCUT2D eigenvalue weighted by molar-refractivity contribution is 7.90. The topological polar surface area (TPSA) is 106 Å². The third kappa shape index (κ3) is 4.16. The number of anilines is 1. The average Bonchev–Trinajstić information content (AvgIpc) is 2.55. The van der Waals surface area contributed by atoms with E-state index in [1.54, 1.807) is 54.6 Å². The SMILES string of the molecule is CS(=O)(=O)c1ccc(-c2cccc(NN=C(C#N)C#N)c2)cc1. The maximum Gasteiger partial charge on any atom is 0.237 e. The van der Waals surface area contributed by atoms with Gasteiger partial charge in [-0.25, -0.2) is 8.42 Å². The zero-order valence-corrected chi connectivity index (χ0v) is 13.0. The first-order valence-corrected chi connectivity index (χ1v) is 8.37. The molecule has 0 aliphatic carbocycles. The van der Waals surface area contributed by atoms with Crippen LogP contribution in [0.3, 0.4) is 0 Å². The Morgan fingerprint density at radius 2 is 1.70 bits per heavy atom. The molecule has 0 saturated carbocycles. The van der Waals surface area contributed by atoms with Gasteiger partial charge in [0.2, 0.25) is 5.71 Å².